The monoisotopic (exact) mass is 500 g/mol. The first-order valence-corrected chi connectivity index (χ1v) is 12.4. The van der Waals surface area contributed by atoms with Gasteiger partial charge in [0.2, 0.25) is 11.5 Å². The van der Waals surface area contributed by atoms with Gasteiger partial charge in [-0.1, -0.05) is 26.7 Å². The standard InChI is InChI=1S/C28H40N2O6/c1-7-9-13-35-27-23(31-3)15-21(16-24(27)32-4)19-29-11-12-30-20-22-17-25(33-5)28(26(18-22)34-6)36-14-10-8-2/h15-20H,7-14H2,1-6H3. The molecule has 0 aliphatic heterocycles. The summed E-state index contributed by atoms with van der Waals surface area (Å²) >= 11 is 0. The zero-order chi connectivity index (χ0) is 26.2. The first-order chi connectivity index (χ1) is 17.6. The predicted octanol–water partition coefficient (Wildman–Crippen LogP) is 5.62. The first kappa shape index (κ1) is 28.8. The molecule has 36 heavy (non-hydrogen) atoms. The molecule has 0 radical (unpaired) electrons. The maximum Gasteiger partial charge on any atom is 0.203 e. The van der Waals surface area contributed by atoms with E-state index in [4.69, 9.17) is 28.4 Å². The van der Waals surface area contributed by atoms with Gasteiger partial charge < -0.3 is 28.4 Å². The molecule has 8 heteroatoms. The summed E-state index contributed by atoms with van der Waals surface area (Å²) in [4.78, 5) is 8.98. The maximum atomic E-state index is 5.87. The molecule has 2 aromatic carbocycles. The van der Waals surface area contributed by atoms with Crippen molar-refractivity contribution in [2.45, 2.75) is 39.5 Å². The van der Waals surface area contributed by atoms with Gasteiger partial charge in [-0.05, 0) is 48.2 Å². The smallest absolute Gasteiger partial charge is 0.203 e. The van der Waals surface area contributed by atoms with Gasteiger partial charge in [-0.25, -0.2) is 0 Å². The van der Waals surface area contributed by atoms with Crippen LogP contribution in [-0.2, 0) is 0 Å². The molecule has 0 saturated heterocycles. The van der Waals surface area contributed by atoms with Gasteiger partial charge in [0.05, 0.1) is 54.7 Å². The van der Waals surface area contributed by atoms with Crippen molar-refractivity contribution in [3.8, 4) is 34.5 Å². The predicted molar refractivity (Wildman–Crippen MR) is 145 cm³/mol. The fourth-order valence-electron chi connectivity index (χ4n) is 3.33. The largest absolute Gasteiger partial charge is 0.493 e. The maximum absolute atomic E-state index is 5.87. The summed E-state index contributed by atoms with van der Waals surface area (Å²) in [5, 5.41) is 0. The molecule has 2 aromatic rings. The second-order valence-electron chi connectivity index (χ2n) is 7.98. The summed E-state index contributed by atoms with van der Waals surface area (Å²) in [7, 11) is 6.46. The van der Waals surface area contributed by atoms with Gasteiger partial charge in [0, 0.05) is 12.4 Å². The van der Waals surface area contributed by atoms with E-state index >= 15 is 0 Å². The second-order valence-corrected chi connectivity index (χ2v) is 7.98. The van der Waals surface area contributed by atoms with Crippen LogP contribution in [0.2, 0.25) is 0 Å². The number of hydrogen-bond acceptors (Lipinski definition) is 8. The summed E-state index contributed by atoms with van der Waals surface area (Å²) in [6.45, 7) is 6.53. The molecule has 0 bridgehead atoms. The van der Waals surface area contributed by atoms with Crippen LogP contribution in [0.3, 0.4) is 0 Å². The van der Waals surface area contributed by atoms with E-state index in [1.165, 1.54) is 0 Å². The molecule has 2 rings (SSSR count). The van der Waals surface area contributed by atoms with Crippen LogP contribution in [0.1, 0.15) is 50.7 Å². The number of ether oxygens (including phenoxy) is 6. The van der Waals surface area contributed by atoms with Crippen molar-refractivity contribution in [1.29, 1.82) is 0 Å². The van der Waals surface area contributed by atoms with E-state index < -0.39 is 0 Å². The number of benzene rings is 2. The molecular weight excluding hydrogens is 460 g/mol. The lowest BCUT2D eigenvalue weighted by Gasteiger charge is -2.15. The summed E-state index contributed by atoms with van der Waals surface area (Å²) in [5.74, 6) is 3.71. The van der Waals surface area contributed by atoms with Crippen molar-refractivity contribution in [3.63, 3.8) is 0 Å². The van der Waals surface area contributed by atoms with Crippen molar-refractivity contribution < 1.29 is 28.4 Å². The Morgan fingerprint density at radius 2 is 0.917 bits per heavy atom. The fourth-order valence-corrected chi connectivity index (χ4v) is 3.33. The third-order valence-electron chi connectivity index (χ3n) is 5.29. The highest BCUT2D eigenvalue weighted by Gasteiger charge is 2.14. The highest BCUT2D eigenvalue weighted by atomic mass is 16.5. The number of aliphatic imine (C=N–C) groups is 2. The Morgan fingerprint density at radius 1 is 0.583 bits per heavy atom. The topological polar surface area (TPSA) is 80.1 Å². The van der Waals surface area contributed by atoms with Gasteiger partial charge in [0.1, 0.15) is 0 Å². The van der Waals surface area contributed by atoms with E-state index in [0.29, 0.717) is 60.8 Å². The normalized spacial score (nSPS) is 11.2. The second kappa shape index (κ2) is 16.3. The SMILES string of the molecule is CCCCOc1c(OC)cc(C=NCCN=Cc2cc(OC)c(OCCCC)c(OC)c2)cc1OC. The molecule has 0 amide bonds. The quantitative estimate of drug-likeness (QED) is 0.207. The van der Waals surface area contributed by atoms with Crippen molar-refractivity contribution >= 4 is 12.4 Å². The number of hydrogen-bond donors (Lipinski definition) is 0. The highest BCUT2D eigenvalue weighted by molar-refractivity contribution is 5.83. The van der Waals surface area contributed by atoms with Crippen LogP contribution in [0.25, 0.3) is 0 Å². The summed E-state index contributed by atoms with van der Waals surface area (Å²) in [5.41, 5.74) is 1.73. The number of unbranched alkanes of at least 4 members (excludes halogenated alkanes) is 2. The molecule has 8 nitrogen and oxygen atoms in total. The van der Waals surface area contributed by atoms with E-state index in [0.717, 1.165) is 36.8 Å². The van der Waals surface area contributed by atoms with Gasteiger partial charge in [-0.15, -0.1) is 0 Å². The minimum absolute atomic E-state index is 0.530. The van der Waals surface area contributed by atoms with Crippen LogP contribution in [0.4, 0.5) is 0 Å². The molecule has 0 spiro atoms. The lowest BCUT2D eigenvalue weighted by Crippen LogP contribution is -2.02. The summed E-state index contributed by atoms with van der Waals surface area (Å²) in [6.07, 6.45) is 7.60. The average molecular weight is 501 g/mol. The van der Waals surface area contributed by atoms with Crippen LogP contribution >= 0.6 is 0 Å². The Kier molecular flexibility index (Phi) is 13.0. The van der Waals surface area contributed by atoms with Crippen LogP contribution in [0, 0.1) is 0 Å². The lowest BCUT2D eigenvalue weighted by molar-refractivity contribution is 0.270. The Balaban J connectivity index is 2.02. The summed E-state index contributed by atoms with van der Waals surface area (Å²) < 4.78 is 33.8. The molecule has 198 valence electrons. The number of rotatable bonds is 17. The first-order valence-electron chi connectivity index (χ1n) is 12.4. The lowest BCUT2D eigenvalue weighted by atomic mass is 10.2. The third kappa shape index (κ3) is 8.66. The van der Waals surface area contributed by atoms with E-state index in [2.05, 4.69) is 23.8 Å². The van der Waals surface area contributed by atoms with Crippen molar-refractivity contribution in [3.05, 3.63) is 35.4 Å². The minimum atomic E-state index is 0.530. The van der Waals surface area contributed by atoms with Crippen molar-refractivity contribution in [2.75, 3.05) is 54.7 Å². The fraction of sp³-hybridized carbons (Fsp3) is 0.500. The Bertz CT molecular complexity index is 860. The van der Waals surface area contributed by atoms with Crippen LogP contribution in [0.15, 0.2) is 34.3 Å². The molecule has 0 saturated carbocycles. The average Bonchev–Trinajstić information content (AvgIpc) is 2.91. The highest BCUT2D eigenvalue weighted by Crippen LogP contribution is 2.39. The Hall–Kier alpha value is -3.42. The van der Waals surface area contributed by atoms with E-state index in [-0.39, 0.29) is 0 Å². The van der Waals surface area contributed by atoms with Crippen molar-refractivity contribution in [2.24, 2.45) is 9.98 Å². The molecule has 0 aliphatic rings. The summed E-state index contributed by atoms with van der Waals surface area (Å²) in [6, 6.07) is 7.55. The third-order valence-corrected chi connectivity index (χ3v) is 5.29. The van der Waals surface area contributed by atoms with Crippen LogP contribution < -0.4 is 28.4 Å². The van der Waals surface area contributed by atoms with Crippen molar-refractivity contribution in [1.82, 2.24) is 0 Å². The Labute approximate surface area is 215 Å². The van der Waals surface area contributed by atoms with Gasteiger partial charge in [-0.2, -0.15) is 0 Å². The zero-order valence-electron chi connectivity index (χ0n) is 22.5. The van der Waals surface area contributed by atoms with Gasteiger partial charge in [0.25, 0.3) is 0 Å². The number of nitrogens with zero attached hydrogens (tertiary/aromatic N) is 2. The molecule has 0 atom stereocenters. The zero-order valence-corrected chi connectivity index (χ0v) is 22.5. The van der Waals surface area contributed by atoms with E-state index in [1.54, 1.807) is 40.9 Å². The van der Waals surface area contributed by atoms with Crippen LogP contribution in [0.5, 0.6) is 34.5 Å². The molecule has 0 fully saturated rings. The van der Waals surface area contributed by atoms with E-state index in [1.807, 2.05) is 24.3 Å². The molecule has 0 N–H and O–H groups in total. The van der Waals surface area contributed by atoms with Crippen LogP contribution in [-0.4, -0.2) is 67.2 Å². The number of methoxy groups -OCH3 is 4. The molecular formula is C28H40N2O6. The van der Waals surface area contributed by atoms with Gasteiger partial charge in [0.15, 0.2) is 23.0 Å². The van der Waals surface area contributed by atoms with Gasteiger partial charge >= 0.3 is 0 Å². The molecule has 0 unspecified atom stereocenters. The molecule has 0 aliphatic carbocycles. The molecule has 0 aromatic heterocycles. The minimum Gasteiger partial charge on any atom is -0.493 e. The van der Waals surface area contributed by atoms with Gasteiger partial charge in [-0.3, -0.25) is 9.98 Å². The van der Waals surface area contributed by atoms with E-state index in [9.17, 15) is 0 Å². The molecule has 0 heterocycles. The Morgan fingerprint density at radius 3 is 1.19 bits per heavy atom.